The number of carbonyl (C=O) groups excluding carboxylic acids is 2. The molecule has 202 valence electrons. The Kier molecular flexibility index (Phi) is 22.9. The molecule has 0 saturated heterocycles. The molecule has 0 aromatic carbocycles. The molecule has 0 aromatic rings. The van der Waals surface area contributed by atoms with E-state index >= 15 is 0 Å². The molecule has 0 amide bonds. The van der Waals surface area contributed by atoms with Crippen molar-refractivity contribution >= 4 is 11.9 Å². The van der Waals surface area contributed by atoms with Crippen LogP contribution in [0.2, 0.25) is 0 Å². The number of rotatable bonds is 24. The number of hydrogen-bond donors (Lipinski definition) is 0. The molecule has 34 heavy (non-hydrogen) atoms. The van der Waals surface area contributed by atoms with Crippen molar-refractivity contribution in [3.63, 3.8) is 0 Å². The Labute approximate surface area is 212 Å². The van der Waals surface area contributed by atoms with Crippen LogP contribution in [0.1, 0.15) is 157 Å². The molecular formula is C30H58O4. The molecular weight excluding hydrogens is 424 g/mol. The van der Waals surface area contributed by atoms with E-state index in [9.17, 15) is 9.59 Å². The first-order valence-corrected chi connectivity index (χ1v) is 14.9. The summed E-state index contributed by atoms with van der Waals surface area (Å²) >= 11 is 0. The van der Waals surface area contributed by atoms with Gasteiger partial charge in [-0.15, -0.1) is 0 Å². The first-order valence-electron chi connectivity index (χ1n) is 14.9. The molecule has 4 heteroatoms. The SMILES string of the molecule is CCCCCC(CCCCC)CC(=O)OCOC(=O)C(CCC)C(CCCCC)CCCCC. The third-order valence-corrected chi connectivity index (χ3v) is 7.14. The average Bonchev–Trinajstić information content (AvgIpc) is 2.82. The molecule has 0 spiro atoms. The van der Waals surface area contributed by atoms with Gasteiger partial charge in [0.2, 0.25) is 6.79 Å². The van der Waals surface area contributed by atoms with Gasteiger partial charge in [0.05, 0.1) is 5.92 Å². The fourth-order valence-electron chi connectivity index (χ4n) is 4.99. The zero-order valence-corrected chi connectivity index (χ0v) is 23.5. The van der Waals surface area contributed by atoms with Gasteiger partial charge in [0, 0.05) is 6.42 Å². The van der Waals surface area contributed by atoms with E-state index in [1.165, 1.54) is 77.0 Å². The summed E-state index contributed by atoms with van der Waals surface area (Å²) < 4.78 is 10.9. The quantitative estimate of drug-likeness (QED) is 0.0781. The van der Waals surface area contributed by atoms with Crippen LogP contribution in [0, 0.1) is 17.8 Å². The van der Waals surface area contributed by atoms with Crippen molar-refractivity contribution < 1.29 is 19.1 Å². The Morgan fingerprint density at radius 3 is 1.47 bits per heavy atom. The predicted octanol–water partition coefficient (Wildman–Crippen LogP) is 9.39. The van der Waals surface area contributed by atoms with Crippen molar-refractivity contribution in [2.24, 2.45) is 17.8 Å². The van der Waals surface area contributed by atoms with Gasteiger partial charge in [-0.1, -0.05) is 118 Å². The fraction of sp³-hybridized carbons (Fsp3) is 0.933. The number of unbranched alkanes of at least 4 members (excludes halogenated alkanes) is 8. The molecule has 1 unspecified atom stereocenters. The predicted molar refractivity (Wildman–Crippen MR) is 144 cm³/mol. The molecule has 0 aromatic heterocycles. The molecule has 0 radical (unpaired) electrons. The van der Waals surface area contributed by atoms with E-state index in [-0.39, 0.29) is 24.6 Å². The van der Waals surface area contributed by atoms with Gasteiger partial charge in [0.25, 0.3) is 0 Å². The smallest absolute Gasteiger partial charge is 0.312 e. The van der Waals surface area contributed by atoms with Crippen molar-refractivity contribution in [3.05, 3.63) is 0 Å². The van der Waals surface area contributed by atoms with E-state index in [0.717, 1.165) is 38.5 Å². The molecule has 0 aliphatic rings. The summed E-state index contributed by atoms with van der Waals surface area (Å²) in [5.41, 5.74) is 0. The van der Waals surface area contributed by atoms with Crippen LogP contribution in [-0.2, 0) is 19.1 Å². The number of hydrogen-bond acceptors (Lipinski definition) is 4. The highest BCUT2D eigenvalue weighted by atomic mass is 16.7. The zero-order chi connectivity index (χ0) is 25.4. The first-order chi connectivity index (χ1) is 16.5. The fourth-order valence-corrected chi connectivity index (χ4v) is 4.99. The normalized spacial score (nSPS) is 12.3. The van der Waals surface area contributed by atoms with Crippen LogP contribution in [0.15, 0.2) is 0 Å². The highest BCUT2D eigenvalue weighted by Gasteiger charge is 2.28. The van der Waals surface area contributed by atoms with E-state index in [0.29, 0.717) is 18.3 Å². The van der Waals surface area contributed by atoms with Crippen LogP contribution >= 0.6 is 0 Å². The van der Waals surface area contributed by atoms with Gasteiger partial charge < -0.3 is 9.47 Å². The van der Waals surface area contributed by atoms with Crippen molar-refractivity contribution in [2.75, 3.05) is 6.79 Å². The summed E-state index contributed by atoms with van der Waals surface area (Å²) in [6.45, 7) is 10.8. The van der Waals surface area contributed by atoms with E-state index in [4.69, 9.17) is 9.47 Å². The Hall–Kier alpha value is -1.06. The summed E-state index contributed by atoms with van der Waals surface area (Å²) in [6, 6.07) is 0. The summed E-state index contributed by atoms with van der Waals surface area (Å²) in [6.07, 6.45) is 20.9. The lowest BCUT2D eigenvalue weighted by atomic mass is 9.81. The molecule has 0 N–H and O–H groups in total. The lowest BCUT2D eigenvalue weighted by Crippen LogP contribution is -2.27. The topological polar surface area (TPSA) is 52.6 Å². The largest absolute Gasteiger partial charge is 0.428 e. The summed E-state index contributed by atoms with van der Waals surface area (Å²) in [7, 11) is 0. The number of carbonyl (C=O) groups is 2. The molecule has 0 saturated carbocycles. The second-order valence-corrected chi connectivity index (χ2v) is 10.3. The van der Waals surface area contributed by atoms with E-state index in [1.807, 2.05) is 0 Å². The van der Waals surface area contributed by atoms with Crippen molar-refractivity contribution in [1.82, 2.24) is 0 Å². The van der Waals surface area contributed by atoms with Crippen LogP contribution in [-0.4, -0.2) is 18.7 Å². The van der Waals surface area contributed by atoms with Gasteiger partial charge in [-0.3, -0.25) is 9.59 Å². The summed E-state index contributed by atoms with van der Waals surface area (Å²) in [5, 5.41) is 0. The minimum absolute atomic E-state index is 0.0757. The molecule has 0 bridgehead atoms. The molecule has 0 aliphatic heterocycles. The van der Waals surface area contributed by atoms with Gasteiger partial charge in [-0.2, -0.15) is 0 Å². The van der Waals surface area contributed by atoms with Gasteiger partial charge in [-0.05, 0) is 43.9 Å². The second-order valence-electron chi connectivity index (χ2n) is 10.3. The molecule has 0 fully saturated rings. The Morgan fingerprint density at radius 2 is 1.03 bits per heavy atom. The Bertz CT molecular complexity index is 456. The van der Waals surface area contributed by atoms with Crippen LogP contribution in [0.4, 0.5) is 0 Å². The van der Waals surface area contributed by atoms with E-state index in [1.54, 1.807) is 0 Å². The lowest BCUT2D eigenvalue weighted by Gasteiger charge is -2.26. The van der Waals surface area contributed by atoms with Gasteiger partial charge >= 0.3 is 11.9 Å². The maximum Gasteiger partial charge on any atom is 0.312 e. The van der Waals surface area contributed by atoms with Crippen molar-refractivity contribution in [3.8, 4) is 0 Å². The standard InChI is InChI=1S/C30H58O4/c1-6-11-15-20-26(21-16-12-7-2)24-29(31)33-25-34-30(32)28(19-10-5)27(22-17-13-8-3)23-18-14-9-4/h26-28H,6-25H2,1-5H3. The molecule has 0 heterocycles. The van der Waals surface area contributed by atoms with Gasteiger partial charge in [0.1, 0.15) is 0 Å². The van der Waals surface area contributed by atoms with Crippen molar-refractivity contribution in [1.29, 1.82) is 0 Å². The van der Waals surface area contributed by atoms with Gasteiger partial charge in [-0.25, -0.2) is 0 Å². The number of esters is 2. The van der Waals surface area contributed by atoms with Crippen LogP contribution in [0.5, 0.6) is 0 Å². The third kappa shape index (κ3) is 17.4. The summed E-state index contributed by atoms with van der Waals surface area (Å²) in [4.78, 5) is 25.4. The van der Waals surface area contributed by atoms with E-state index in [2.05, 4.69) is 34.6 Å². The highest BCUT2D eigenvalue weighted by molar-refractivity contribution is 5.73. The number of ether oxygens (including phenoxy) is 2. The molecule has 0 aliphatic carbocycles. The van der Waals surface area contributed by atoms with E-state index < -0.39 is 0 Å². The van der Waals surface area contributed by atoms with Crippen LogP contribution in [0.25, 0.3) is 0 Å². The summed E-state index contributed by atoms with van der Waals surface area (Å²) in [5.74, 6) is 0.294. The highest BCUT2D eigenvalue weighted by Crippen LogP contribution is 2.30. The minimum atomic E-state index is -0.231. The molecule has 4 nitrogen and oxygen atoms in total. The monoisotopic (exact) mass is 482 g/mol. The average molecular weight is 483 g/mol. The van der Waals surface area contributed by atoms with Crippen LogP contribution < -0.4 is 0 Å². The minimum Gasteiger partial charge on any atom is -0.428 e. The van der Waals surface area contributed by atoms with Gasteiger partial charge in [0.15, 0.2) is 0 Å². The van der Waals surface area contributed by atoms with Crippen molar-refractivity contribution in [2.45, 2.75) is 157 Å². The van der Waals surface area contributed by atoms with Crippen LogP contribution in [0.3, 0.4) is 0 Å². The second kappa shape index (κ2) is 23.7. The molecule has 0 rings (SSSR count). The first kappa shape index (κ1) is 32.9. The Balaban J connectivity index is 4.72. The Morgan fingerprint density at radius 1 is 0.559 bits per heavy atom. The third-order valence-electron chi connectivity index (χ3n) is 7.14. The maximum atomic E-state index is 13.0. The maximum absolute atomic E-state index is 13.0. The lowest BCUT2D eigenvalue weighted by molar-refractivity contribution is -0.172. The zero-order valence-electron chi connectivity index (χ0n) is 23.5. The molecule has 1 atom stereocenters.